The number of methoxy groups -OCH3 is 1. The number of rotatable bonds is 7. The number of amides is 1. The molecule has 11 heteroatoms. The Balaban J connectivity index is 1.42. The molecule has 0 unspecified atom stereocenters. The Morgan fingerprint density at radius 3 is 2.69 bits per heavy atom. The maximum atomic E-state index is 12.9. The Kier molecular flexibility index (Phi) is 4.97. The van der Waals surface area contributed by atoms with Crippen LogP contribution in [0, 0.1) is 0 Å². The lowest BCUT2D eigenvalue weighted by Gasteiger charge is -2.28. The Morgan fingerprint density at radius 1 is 1.19 bits per heavy atom. The monoisotopic (exact) mass is 456 g/mol. The molecular weight excluding hydrogens is 436 g/mol. The summed E-state index contributed by atoms with van der Waals surface area (Å²) in [5.41, 5.74) is 0.712. The molecule has 1 aliphatic carbocycles. The van der Waals surface area contributed by atoms with Gasteiger partial charge in [-0.15, -0.1) is 0 Å². The van der Waals surface area contributed by atoms with Crippen LogP contribution in [0.25, 0.3) is 0 Å². The molecule has 1 aromatic heterocycles. The summed E-state index contributed by atoms with van der Waals surface area (Å²) >= 11 is 0. The highest BCUT2D eigenvalue weighted by Gasteiger charge is 2.32. The van der Waals surface area contributed by atoms with E-state index in [2.05, 4.69) is 14.9 Å². The van der Waals surface area contributed by atoms with Crippen molar-refractivity contribution in [3.05, 3.63) is 54.2 Å². The topological polar surface area (TPSA) is 124 Å². The largest absolute Gasteiger partial charge is 0.497 e. The van der Waals surface area contributed by atoms with Gasteiger partial charge >= 0.3 is 0 Å². The van der Waals surface area contributed by atoms with Crippen LogP contribution in [0.4, 0.5) is 11.4 Å². The summed E-state index contributed by atoms with van der Waals surface area (Å²) in [5, 5.41) is 3.96. The zero-order chi connectivity index (χ0) is 22.3. The third-order valence-corrected chi connectivity index (χ3v) is 6.61. The Morgan fingerprint density at radius 2 is 1.97 bits per heavy atom. The Hall–Kier alpha value is -3.60. The fourth-order valence-corrected chi connectivity index (χ4v) is 4.44. The van der Waals surface area contributed by atoms with Crippen molar-refractivity contribution in [3.8, 4) is 11.5 Å². The molecule has 1 fully saturated rings. The van der Waals surface area contributed by atoms with Gasteiger partial charge in [0.1, 0.15) is 11.5 Å². The molecule has 2 heterocycles. The predicted molar refractivity (Wildman–Crippen MR) is 113 cm³/mol. The second-order valence-corrected chi connectivity index (χ2v) is 9.24. The molecule has 0 radical (unpaired) electrons. The molecule has 1 saturated carbocycles. The van der Waals surface area contributed by atoms with E-state index in [-0.39, 0.29) is 24.0 Å². The molecule has 0 atom stereocenters. The van der Waals surface area contributed by atoms with E-state index < -0.39 is 10.0 Å². The van der Waals surface area contributed by atoms with Gasteiger partial charge in [-0.3, -0.25) is 14.4 Å². The zero-order valence-corrected chi connectivity index (χ0v) is 18.0. The van der Waals surface area contributed by atoms with Crippen LogP contribution in [0.3, 0.4) is 0 Å². The first-order valence-corrected chi connectivity index (χ1v) is 11.5. The number of benzene rings is 2. The quantitative estimate of drug-likeness (QED) is 0.576. The number of carbonyl (C=O) groups excluding carboxylic acids is 1. The molecular formula is C21H20N4O6S. The summed E-state index contributed by atoms with van der Waals surface area (Å²) in [4.78, 5) is 18.3. The van der Waals surface area contributed by atoms with E-state index in [0.717, 1.165) is 12.8 Å². The van der Waals surface area contributed by atoms with Gasteiger partial charge in [0.15, 0.2) is 12.4 Å². The van der Waals surface area contributed by atoms with E-state index in [1.807, 2.05) is 0 Å². The molecule has 5 rings (SSSR count). The van der Waals surface area contributed by atoms with Gasteiger partial charge in [-0.1, -0.05) is 5.16 Å². The van der Waals surface area contributed by atoms with Gasteiger partial charge in [0.2, 0.25) is 5.89 Å². The van der Waals surface area contributed by atoms with Crippen LogP contribution in [0.2, 0.25) is 0 Å². The third-order valence-electron chi connectivity index (χ3n) is 5.24. The van der Waals surface area contributed by atoms with Crippen molar-refractivity contribution < 1.29 is 27.2 Å². The Bertz CT molecular complexity index is 1270. The van der Waals surface area contributed by atoms with Crippen LogP contribution < -0.4 is 19.1 Å². The van der Waals surface area contributed by atoms with E-state index >= 15 is 0 Å². The molecule has 1 N–H and O–H groups in total. The van der Waals surface area contributed by atoms with E-state index in [1.54, 1.807) is 24.3 Å². The number of nitrogens with zero attached hydrogens (tertiary/aromatic N) is 3. The smallest absolute Gasteiger partial charge is 0.265 e. The van der Waals surface area contributed by atoms with Crippen molar-refractivity contribution in [2.45, 2.75) is 30.2 Å². The molecule has 1 aliphatic heterocycles. The van der Waals surface area contributed by atoms with E-state index in [9.17, 15) is 13.2 Å². The van der Waals surface area contributed by atoms with Crippen LogP contribution in [0.5, 0.6) is 11.5 Å². The standard InChI is InChI=1S/C21H20N4O6S/c1-29-15-6-4-14(5-7-15)24-32(27,28)16-8-9-18-17(10-16)25(20(26)12-30-18)11-19-22-21(31-23-19)13-2-3-13/h4-10,13,24H,2-3,11-12H2,1H3. The number of anilines is 2. The van der Waals surface area contributed by atoms with Crippen molar-refractivity contribution >= 4 is 27.3 Å². The van der Waals surface area contributed by atoms with Gasteiger partial charge in [0, 0.05) is 11.6 Å². The number of carbonyl (C=O) groups is 1. The van der Waals surface area contributed by atoms with Gasteiger partial charge in [-0.25, -0.2) is 8.42 Å². The molecule has 3 aromatic rings. The lowest BCUT2D eigenvalue weighted by Crippen LogP contribution is -2.38. The molecule has 32 heavy (non-hydrogen) atoms. The number of aromatic nitrogens is 2. The molecule has 0 bridgehead atoms. The first-order chi connectivity index (χ1) is 15.4. The molecule has 0 saturated heterocycles. The summed E-state index contributed by atoms with van der Waals surface area (Å²) in [6, 6.07) is 10.9. The minimum atomic E-state index is -3.91. The van der Waals surface area contributed by atoms with Crippen LogP contribution in [0.15, 0.2) is 51.9 Å². The minimum absolute atomic E-state index is 0.0119. The third kappa shape index (κ3) is 3.98. The van der Waals surface area contributed by atoms with Crippen molar-refractivity contribution in [3.63, 3.8) is 0 Å². The lowest BCUT2D eigenvalue weighted by molar-refractivity contribution is -0.121. The summed E-state index contributed by atoms with van der Waals surface area (Å²) < 4.78 is 44.3. The van der Waals surface area contributed by atoms with E-state index in [0.29, 0.717) is 40.5 Å². The zero-order valence-electron chi connectivity index (χ0n) is 17.1. The van der Waals surface area contributed by atoms with Gasteiger partial charge in [0.05, 0.1) is 24.2 Å². The number of hydrogen-bond acceptors (Lipinski definition) is 8. The number of sulfonamides is 1. The molecule has 2 aromatic carbocycles. The maximum absolute atomic E-state index is 12.9. The van der Waals surface area contributed by atoms with Crippen molar-refractivity contribution in [2.75, 3.05) is 23.3 Å². The maximum Gasteiger partial charge on any atom is 0.265 e. The van der Waals surface area contributed by atoms with Gasteiger partial charge < -0.3 is 14.0 Å². The first kappa shape index (κ1) is 20.3. The van der Waals surface area contributed by atoms with Gasteiger partial charge in [0.25, 0.3) is 15.9 Å². The number of ether oxygens (including phenoxy) is 2. The second-order valence-electron chi connectivity index (χ2n) is 7.56. The highest BCUT2D eigenvalue weighted by molar-refractivity contribution is 7.92. The van der Waals surface area contributed by atoms with Crippen LogP contribution in [-0.4, -0.2) is 38.2 Å². The second kappa shape index (κ2) is 7.83. The number of fused-ring (bicyclic) bond motifs is 1. The van der Waals surface area contributed by atoms with Crippen LogP contribution >= 0.6 is 0 Å². The molecule has 10 nitrogen and oxygen atoms in total. The predicted octanol–water partition coefficient (Wildman–Crippen LogP) is 2.68. The molecule has 2 aliphatic rings. The lowest BCUT2D eigenvalue weighted by atomic mass is 10.2. The Labute approximate surface area is 184 Å². The minimum Gasteiger partial charge on any atom is -0.497 e. The van der Waals surface area contributed by atoms with Crippen molar-refractivity contribution in [1.82, 2.24) is 10.1 Å². The van der Waals surface area contributed by atoms with Crippen LogP contribution in [-0.2, 0) is 21.4 Å². The molecule has 0 spiro atoms. The first-order valence-electron chi connectivity index (χ1n) is 9.99. The summed E-state index contributed by atoms with van der Waals surface area (Å²) in [7, 11) is -2.38. The average molecular weight is 456 g/mol. The normalized spacial score (nSPS) is 15.8. The molecule has 166 valence electrons. The highest BCUT2D eigenvalue weighted by atomic mass is 32.2. The van der Waals surface area contributed by atoms with Gasteiger partial charge in [-0.05, 0) is 55.3 Å². The number of nitrogens with one attached hydrogen (secondary N) is 1. The fraction of sp³-hybridized carbons (Fsp3) is 0.286. The van der Waals surface area contributed by atoms with Crippen molar-refractivity contribution in [1.29, 1.82) is 0 Å². The molecule has 1 amide bonds. The summed E-state index contributed by atoms with van der Waals surface area (Å²) in [6.45, 7) is -0.0998. The average Bonchev–Trinajstić information content (AvgIpc) is 3.54. The van der Waals surface area contributed by atoms with Crippen molar-refractivity contribution in [2.24, 2.45) is 0 Å². The van der Waals surface area contributed by atoms with Crippen LogP contribution in [0.1, 0.15) is 30.5 Å². The van der Waals surface area contributed by atoms with E-state index in [1.165, 1.54) is 30.2 Å². The summed E-state index contributed by atoms with van der Waals surface area (Å²) in [5.74, 6) is 1.91. The number of hydrogen-bond donors (Lipinski definition) is 1. The van der Waals surface area contributed by atoms with Gasteiger partial charge in [-0.2, -0.15) is 4.98 Å². The fourth-order valence-electron chi connectivity index (χ4n) is 3.36. The van der Waals surface area contributed by atoms with E-state index in [4.69, 9.17) is 14.0 Å². The highest BCUT2D eigenvalue weighted by Crippen LogP contribution is 2.39. The SMILES string of the molecule is COc1ccc(NS(=O)(=O)c2ccc3c(c2)N(Cc2noc(C4CC4)n2)C(=O)CO3)cc1. The summed E-state index contributed by atoms with van der Waals surface area (Å²) in [6.07, 6.45) is 2.03.